The van der Waals surface area contributed by atoms with Crippen LogP contribution in [0.2, 0.25) is 0 Å². The van der Waals surface area contributed by atoms with Gasteiger partial charge in [-0.2, -0.15) is 0 Å². The second kappa shape index (κ2) is 9.80. The molecule has 0 spiro atoms. The van der Waals surface area contributed by atoms with E-state index in [9.17, 15) is 18.0 Å². The zero-order valence-corrected chi connectivity index (χ0v) is 20.0. The highest BCUT2D eigenvalue weighted by Gasteiger charge is 2.28. The van der Waals surface area contributed by atoms with Gasteiger partial charge >= 0.3 is 5.97 Å². The predicted octanol–water partition coefficient (Wildman–Crippen LogP) is 0.989. The molecule has 2 aromatic heterocycles. The number of aromatic nitrogens is 4. The maximum absolute atomic E-state index is 12.7. The molecule has 3 N–H and O–H groups in total. The molecule has 178 valence electrons. The Morgan fingerprint density at radius 2 is 2.00 bits per heavy atom. The van der Waals surface area contributed by atoms with Gasteiger partial charge in [-0.25, -0.2) is 28.0 Å². The van der Waals surface area contributed by atoms with Gasteiger partial charge in [-0.1, -0.05) is 19.1 Å². The molecule has 0 aliphatic carbocycles. The number of ether oxygens (including phenoxy) is 2. The summed E-state index contributed by atoms with van der Waals surface area (Å²) in [6.45, 7) is 5.31. The van der Waals surface area contributed by atoms with Crippen LogP contribution in [0, 0.1) is 5.92 Å². The molecule has 2 atom stereocenters. The van der Waals surface area contributed by atoms with Crippen LogP contribution in [0.15, 0.2) is 28.7 Å². The van der Waals surface area contributed by atoms with Crippen LogP contribution in [0.1, 0.15) is 32.5 Å². The summed E-state index contributed by atoms with van der Waals surface area (Å²) in [6.07, 6.45) is 1.59. The van der Waals surface area contributed by atoms with Gasteiger partial charge in [0.25, 0.3) is 10.0 Å². The smallest absolute Gasteiger partial charge is 0.328 e. The number of rotatable bonds is 9. The van der Waals surface area contributed by atoms with Crippen LogP contribution >= 0.6 is 11.3 Å². The SMILES string of the molecule is COC(=O)[C@H](C)NC(=O)[C@H](C(C)C)n1cc(COc2ccc3nc(S(N)(=O)=O)sc3c2)nn1. The Hall–Kier alpha value is -3.10. The molecule has 0 aliphatic rings. The number of sulfonamides is 1. The van der Waals surface area contributed by atoms with Gasteiger partial charge in [0.2, 0.25) is 10.2 Å². The first kappa shape index (κ1) is 24.5. The summed E-state index contributed by atoms with van der Waals surface area (Å²) < 4.78 is 35.2. The fraction of sp³-hybridized carbons (Fsp3) is 0.421. The average Bonchev–Trinajstić information content (AvgIpc) is 3.37. The van der Waals surface area contributed by atoms with Gasteiger partial charge in [0.05, 0.1) is 23.5 Å². The number of hydrogen-bond donors (Lipinski definition) is 2. The fourth-order valence-electron chi connectivity index (χ4n) is 3.03. The van der Waals surface area contributed by atoms with Gasteiger partial charge < -0.3 is 14.8 Å². The molecule has 0 saturated carbocycles. The minimum Gasteiger partial charge on any atom is -0.487 e. The fourth-order valence-corrected chi connectivity index (χ4v) is 4.72. The van der Waals surface area contributed by atoms with Crippen molar-refractivity contribution in [3.05, 3.63) is 30.1 Å². The first-order chi connectivity index (χ1) is 15.5. The Balaban J connectivity index is 1.70. The Morgan fingerprint density at radius 1 is 1.27 bits per heavy atom. The molecule has 0 bridgehead atoms. The standard InChI is InChI=1S/C19H24N6O6S2/c1-10(2)16(17(26)21-11(3)18(27)30-4)25-8-12(23-24-25)9-31-13-5-6-14-15(7-13)32-19(22-14)33(20,28)29/h5-8,10-11,16H,9H2,1-4H3,(H,21,26)(H2,20,28,29)/t11-,16-/m0/s1. The molecule has 0 radical (unpaired) electrons. The third kappa shape index (κ3) is 5.83. The molecule has 1 amide bonds. The van der Waals surface area contributed by atoms with E-state index in [2.05, 4.69) is 25.3 Å². The highest BCUT2D eigenvalue weighted by Crippen LogP contribution is 2.28. The summed E-state index contributed by atoms with van der Waals surface area (Å²) in [6, 6.07) is 3.45. The lowest BCUT2D eigenvalue weighted by Crippen LogP contribution is -2.44. The van der Waals surface area contributed by atoms with Crippen LogP contribution in [0.4, 0.5) is 0 Å². The highest BCUT2D eigenvalue weighted by atomic mass is 32.2. The van der Waals surface area contributed by atoms with Gasteiger partial charge in [-0.05, 0) is 31.0 Å². The maximum Gasteiger partial charge on any atom is 0.328 e. The third-order valence-corrected chi connectivity index (χ3v) is 6.96. The number of thiazole rings is 1. The maximum atomic E-state index is 12.7. The Kier molecular flexibility index (Phi) is 7.29. The number of nitrogens with zero attached hydrogens (tertiary/aromatic N) is 4. The Bertz CT molecular complexity index is 1270. The summed E-state index contributed by atoms with van der Waals surface area (Å²) in [4.78, 5) is 28.3. The quantitative estimate of drug-likeness (QED) is 0.410. The van der Waals surface area contributed by atoms with Crippen molar-refractivity contribution in [3.8, 4) is 5.75 Å². The van der Waals surface area contributed by atoms with E-state index in [-0.39, 0.29) is 22.8 Å². The second-order valence-corrected chi connectivity index (χ2v) is 10.3. The number of benzene rings is 1. The Labute approximate surface area is 194 Å². The average molecular weight is 497 g/mol. The van der Waals surface area contributed by atoms with Crippen molar-refractivity contribution in [2.24, 2.45) is 11.1 Å². The first-order valence-electron chi connectivity index (χ1n) is 9.84. The normalized spacial score (nSPS) is 13.6. The number of nitrogens with one attached hydrogen (secondary N) is 1. The molecule has 33 heavy (non-hydrogen) atoms. The molecule has 14 heteroatoms. The summed E-state index contributed by atoms with van der Waals surface area (Å²) in [7, 11) is -2.63. The van der Waals surface area contributed by atoms with Crippen molar-refractivity contribution in [2.75, 3.05) is 7.11 Å². The molecular weight excluding hydrogens is 472 g/mol. The van der Waals surface area contributed by atoms with Crippen LogP contribution in [0.5, 0.6) is 5.75 Å². The molecule has 0 saturated heterocycles. The van der Waals surface area contributed by atoms with Gasteiger partial charge in [0.1, 0.15) is 30.1 Å². The minimum absolute atomic E-state index is 0.0668. The topological polar surface area (TPSA) is 168 Å². The van der Waals surface area contributed by atoms with Crippen molar-refractivity contribution in [2.45, 2.75) is 43.8 Å². The van der Waals surface area contributed by atoms with E-state index in [1.54, 1.807) is 24.4 Å². The van der Waals surface area contributed by atoms with Crippen LogP contribution < -0.4 is 15.2 Å². The predicted molar refractivity (Wildman–Crippen MR) is 119 cm³/mol. The van der Waals surface area contributed by atoms with E-state index in [4.69, 9.17) is 9.88 Å². The molecule has 0 aliphatic heterocycles. The van der Waals surface area contributed by atoms with Gasteiger partial charge in [0, 0.05) is 0 Å². The monoisotopic (exact) mass is 496 g/mol. The lowest BCUT2D eigenvalue weighted by molar-refractivity contribution is -0.145. The van der Waals surface area contributed by atoms with Gasteiger partial charge in [-0.3, -0.25) is 4.79 Å². The number of amides is 1. The van der Waals surface area contributed by atoms with E-state index in [0.717, 1.165) is 11.3 Å². The number of carbonyl (C=O) groups excluding carboxylic acids is 2. The molecule has 0 fully saturated rings. The summed E-state index contributed by atoms with van der Waals surface area (Å²) in [5.74, 6) is -0.590. The van der Waals surface area contributed by atoms with Gasteiger partial charge in [-0.15, -0.1) is 16.4 Å². The molecule has 3 aromatic rings. The molecule has 0 unspecified atom stereocenters. The van der Waals surface area contributed by atoms with Crippen LogP contribution in [-0.2, 0) is 31.0 Å². The van der Waals surface area contributed by atoms with Crippen LogP contribution in [-0.4, -0.2) is 53.4 Å². The molecule has 12 nitrogen and oxygen atoms in total. The number of carbonyl (C=O) groups is 2. The van der Waals surface area contributed by atoms with Crippen LogP contribution in [0.3, 0.4) is 0 Å². The summed E-state index contributed by atoms with van der Waals surface area (Å²) in [5.41, 5.74) is 0.971. The van der Waals surface area contributed by atoms with Crippen LogP contribution in [0.25, 0.3) is 10.2 Å². The third-order valence-electron chi connectivity index (χ3n) is 4.63. The lowest BCUT2D eigenvalue weighted by Gasteiger charge is -2.21. The van der Waals surface area contributed by atoms with E-state index in [0.29, 0.717) is 21.7 Å². The lowest BCUT2D eigenvalue weighted by atomic mass is 10.0. The molecule has 2 heterocycles. The van der Waals surface area contributed by atoms with Crippen molar-refractivity contribution >= 4 is 43.5 Å². The number of fused-ring (bicyclic) bond motifs is 1. The molecular formula is C19H24N6O6S2. The number of esters is 1. The number of hydrogen-bond acceptors (Lipinski definition) is 10. The van der Waals surface area contributed by atoms with E-state index < -0.39 is 28.1 Å². The summed E-state index contributed by atoms with van der Waals surface area (Å²) >= 11 is 0.949. The van der Waals surface area contributed by atoms with E-state index in [1.165, 1.54) is 18.7 Å². The van der Waals surface area contributed by atoms with Crippen molar-refractivity contribution in [1.29, 1.82) is 0 Å². The largest absolute Gasteiger partial charge is 0.487 e. The summed E-state index contributed by atoms with van der Waals surface area (Å²) in [5, 5.41) is 15.8. The second-order valence-electron chi connectivity index (χ2n) is 7.58. The molecule has 3 rings (SSSR count). The van der Waals surface area contributed by atoms with E-state index in [1.807, 2.05) is 13.8 Å². The number of methoxy groups -OCH3 is 1. The van der Waals surface area contributed by atoms with E-state index >= 15 is 0 Å². The van der Waals surface area contributed by atoms with Crippen molar-refractivity contribution < 1.29 is 27.5 Å². The zero-order valence-electron chi connectivity index (χ0n) is 18.4. The highest BCUT2D eigenvalue weighted by molar-refractivity contribution is 7.91. The van der Waals surface area contributed by atoms with Crippen molar-refractivity contribution in [1.82, 2.24) is 25.3 Å². The zero-order chi connectivity index (χ0) is 24.3. The number of nitrogens with two attached hydrogens (primary N) is 1. The van der Waals surface area contributed by atoms with Gasteiger partial charge in [0.15, 0.2) is 0 Å². The molecule has 1 aromatic carbocycles. The van der Waals surface area contributed by atoms with Crippen molar-refractivity contribution in [3.63, 3.8) is 0 Å². The number of primary sulfonamides is 1. The minimum atomic E-state index is -3.88. The first-order valence-corrected chi connectivity index (χ1v) is 12.2. The Morgan fingerprint density at radius 3 is 2.64 bits per heavy atom.